The third kappa shape index (κ3) is 4.78. The summed E-state index contributed by atoms with van der Waals surface area (Å²) in [4.78, 5) is 33.9. The zero-order chi connectivity index (χ0) is 22.8. The molecule has 1 aliphatic carbocycles. The molecule has 1 amide bonds. The van der Waals surface area contributed by atoms with Crippen molar-refractivity contribution in [2.24, 2.45) is 0 Å². The van der Waals surface area contributed by atoms with E-state index < -0.39 is 0 Å². The Morgan fingerprint density at radius 2 is 1.88 bits per heavy atom. The van der Waals surface area contributed by atoms with Crippen molar-refractivity contribution in [3.8, 4) is 0 Å². The van der Waals surface area contributed by atoms with Crippen molar-refractivity contribution in [2.75, 3.05) is 43.9 Å². The van der Waals surface area contributed by atoms with E-state index in [1.54, 1.807) is 6.33 Å². The summed E-state index contributed by atoms with van der Waals surface area (Å²) < 4.78 is 0. The molecule has 1 saturated heterocycles. The molecule has 3 aromatic rings. The lowest BCUT2D eigenvalue weighted by molar-refractivity contribution is 0.0664. The molecule has 9 nitrogen and oxygen atoms in total. The molecule has 3 N–H and O–H groups in total. The molecule has 0 radical (unpaired) electrons. The van der Waals surface area contributed by atoms with E-state index in [0.29, 0.717) is 23.2 Å². The lowest BCUT2D eigenvalue weighted by atomic mass is 9.95. The maximum absolute atomic E-state index is 12.9. The number of carbonyl (C=O) groups is 1. The number of nitrogens with one attached hydrogen (secondary N) is 3. The molecule has 5 rings (SSSR count). The van der Waals surface area contributed by atoms with Gasteiger partial charge in [-0.05, 0) is 50.6 Å². The van der Waals surface area contributed by atoms with Crippen molar-refractivity contribution in [3.63, 3.8) is 0 Å². The highest BCUT2D eigenvalue weighted by Gasteiger charge is 2.21. The van der Waals surface area contributed by atoms with Gasteiger partial charge in [-0.1, -0.05) is 19.3 Å². The molecule has 0 bridgehead atoms. The number of carbonyl (C=O) groups excluding carboxylic acids is 1. The van der Waals surface area contributed by atoms with Gasteiger partial charge in [0.05, 0.1) is 6.33 Å². The number of H-pyrrole nitrogens is 1. The van der Waals surface area contributed by atoms with Crippen LogP contribution in [0.4, 0.5) is 17.5 Å². The Morgan fingerprint density at radius 1 is 1.09 bits per heavy atom. The van der Waals surface area contributed by atoms with Gasteiger partial charge in [-0.15, -0.1) is 0 Å². The molecule has 174 valence electrons. The minimum Gasteiger partial charge on any atom is -0.365 e. The Kier molecular flexibility index (Phi) is 6.13. The minimum absolute atomic E-state index is 0.0888. The first-order chi connectivity index (χ1) is 16.1. The highest BCUT2D eigenvalue weighted by molar-refractivity contribution is 5.95. The smallest absolute Gasteiger partial charge is 0.253 e. The average Bonchev–Trinajstić information content (AvgIpc) is 3.30. The SMILES string of the molecule is Cc1cc(C(=O)N2CCN(C)CC2)ccc1Nc1nc(NC2CCCCC2)c2[nH]cnc2n1. The van der Waals surface area contributed by atoms with Gasteiger partial charge in [-0.25, -0.2) is 4.98 Å². The van der Waals surface area contributed by atoms with Crippen molar-refractivity contribution in [1.82, 2.24) is 29.7 Å². The molecule has 1 saturated carbocycles. The van der Waals surface area contributed by atoms with Crippen LogP contribution < -0.4 is 10.6 Å². The molecular formula is C24H32N8O. The third-order valence-electron chi connectivity index (χ3n) is 6.74. The van der Waals surface area contributed by atoms with Gasteiger partial charge in [0.25, 0.3) is 5.91 Å². The van der Waals surface area contributed by atoms with Gasteiger partial charge in [0.1, 0.15) is 5.52 Å². The number of imidazole rings is 1. The van der Waals surface area contributed by atoms with Gasteiger partial charge in [0.15, 0.2) is 11.5 Å². The highest BCUT2D eigenvalue weighted by Crippen LogP contribution is 2.27. The minimum atomic E-state index is 0.0888. The summed E-state index contributed by atoms with van der Waals surface area (Å²) in [6.45, 7) is 5.35. The standard InChI is InChI=1S/C24H32N8O/c1-16-14-17(23(33)32-12-10-31(2)11-13-32)8-9-19(16)28-24-29-21-20(25-15-26-21)22(30-24)27-18-6-4-3-5-7-18/h8-9,14-15,18H,3-7,10-13H2,1-2H3,(H3,25,26,27,28,29,30). The molecule has 1 aliphatic heterocycles. The second kappa shape index (κ2) is 9.35. The number of hydrogen-bond acceptors (Lipinski definition) is 7. The fraction of sp³-hybridized carbons (Fsp3) is 0.500. The Morgan fingerprint density at radius 3 is 2.64 bits per heavy atom. The van der Waals surface area contributed by atoms with E-state index in [9.17, 15) is 4.79 Å². The van der Waals surface area contributed by atoms with Crippen LogP contribution in [0.2, 0.25) is 0 Å². The monoisotopic (exact) mass is 448 g/mol. The summed E-state index contributed by atoms with van der Waals surface area (Å²) in [6, 6.07) is 6.18. The number of aromatic nitrogens is 4. The summed E-state index contributed by atoms with van der Waals surface area (Å²) in [5.74, 6) is 1.37. The lowest BCUT2D eigenvalue weighted by Gasteiger charge is -2.32. The number of amides is 1. The summed E-state index contributed by atoms with van der Waals surface area (Å²) in [6.07, 6.45) is 7.77. The van der Waals surface area contributed by atoms with Crippen LogP contribution in [0.5, 0.6) is 0 Å². The second-order valence-corrected chi connectivity index (χ2v) is 9.23. The van der Waals surface area contributed by atoms with Gasteiger partial charge in [0, 0.05) is 43.5 Å². The van der Waals surface area contributed by atoms with Gasteiger partial charge >= 0.3 is 0 Å². The molecule has 2 fully saturated rings. The number of rotatable bonds is 5. The maximum atomic E-state index is 12.9. The Balaban J connectivity index is 1.34. The van der Waals surface area contributed by atoms with Crippen molar-refractivity contribution in [3.05, 3.63) is 35.7 Å². The number of hydrogen-bond donors (Lipinski definition) is 3. The molecule has 9 heteroatoms. The van der Waals surface area contributed by atoms with Crippen LogP contribution in [0.3, 0.4) is 0 Å². The normalized spacial score (nSPS) is 17.9. The fourth-order valence-corrected chi connectivity index (χ4v) is 4.68. The number of aromatic amines is 1. The Labute approximate surface area is 194 Å². The quantitative estimate of drug-likeness (QED) is 0.549. The van der Waals surface area contributed by atoms with Crippen LogP contribution >= 0.6 is 0 Å². The van der Waals surface area contributed by atoms with E-state index >= 15 is 0 Å². The lowest BCUT2D eigenvalue weighted by Crippen LogP contribution is -2.47. The molecule has 0 unspecified atom stereocenters. The number of anilines is 3. The number of fused-ring (bicyclic) bond motifs is 1. The van der Waals surface area contributed by atoms with Crippen LogP contribution in [0, 0.1) is 6.92 Å². The van der Waals surface area contributed by atoms with Crippen molar-refractivity contribution < 1.29 is 4.79 Å². The van der Waals surface area contributed by atoms with E-state index in [1.807, 2.05) is 30.0 Å². The molecule has 33 heavy (non-hydrogen) atoms. The topological polar surface area (TPSA) is 102 Å². The Hall–Kier alpha value is -3.20. The summed E-state index contributed by atoms with van der Waals surface area (Å²) >= 11 is 0. The molecule has 3 heterocycles. The number of benzene rings is 1. The van der Waals surface area contributed by atoms with Gasteiger partial charge < -0.3 is 25.4 Å². The third-order valence-corrected chi connectivity index (χ3v) is 6.74. The average molecular weight is 449 g/mol. The van der Waals surface area contributed by atoms with Crippen molar-refractivity contribution in [2.45, 2.75) is 45.1 Å². The molecule has 1 aromatic carbocycles. The maximum Gasteiger partial charge on any atom is 0.253 e. The van der Waals surface area contributed by atoms with Crippen LogP contribution in [0.15, 0.2) is 24.5 Å². The highest BCUT2D eigenvalue weighted by atomic mass is 16.2. The zero-order valence-corrected chi connectivity index (χ0v) is 19.4. The summed E-state index contributed by atoms with van der Waals surface area (Å²) in [5.41, 5.74) is 4.03. The van der Waals surface area contributed by atoms with E-state index in [0.717, 1.165) is 61.6 Å². The first-order valence-corrected chi connectivity index (χ1v) is 11.9. The predicted octanol–water partition coefficient (Wildman–Crippen LogP) is 3.54. The number of piperazine rings is 1. The first kappa shape index (κ1) is 21.6. The van der Waals surface area contributed by atoms with Crippen LogP contribution in [0.1, 0.15) is 48.0 Å². The Bertz CT molecular complexity index is 1130. The second-order valence-electron chi connectivity index (χ2n) is 9.23. The number of nitrogens with zero attached hydrogens (tertiary/aromatic N) is 5. The fourth-order valence-electron chi connectivity index (χ4n) is 4.68. The van der Waals surface area contributed by atoms with E-state index in [1.165, 1.54) is 19.3 Å². The van der Waals surface area contributed by atoms with Crippen LogP contribution in [0.25, 0.3) is 11.2 Å². The molecule has 2 aromatic heterocycles. The largest absolute Gasteiger partial charge is 0.365 e. The first-order valence-electron chi connectivity index (χ1n) is 11.9. The molecule has 2 aliphatic rings. The zero-order valence-electron chi connectivity index (χ0n) is 19.4. The summed E-state index contributed by atoms with van der Waals surface area (Å²) in [7, 11) is 2.09. The van der Waals surface area contributed by atoms with Crippen molar-refractivity contribution >= 4 is 34.5 Å². The van der Waals surface area contributed by atoms with Crippen molar-refractivity contribution in [1.29, 1.82) is 0 Å². The number of likely N-dealkylation sites (N-methyl/N-ethyl adjacent to an activating group) is 1. The van der Waals surface area contributed by atoms with E-state index in [4.69, 9.17) is 4.98 Å². The van der Waals surface area contributed by atoms with Crippen LogP contribution in [-0.4, -0.2) is 74.9 Å². The van der Waals surface area contributed by atoms with E-state index in [-0.39, 0.29) is 5.91 Å². The van der Waals surface area contributed by atoms with Gasteiger partial charge in [-0.2, -0.15) is 9.97 Å². The summed E-state index contributed by atoms with van der Waals surface area (Å²) in [5, 5.41) is 6.93. The molecule has 0 atom stereocenters. The predicted molar refractivity (Wildman–Crippen MR) is 130 cm³/mol. The number of aryl methyl sites for hydroxylation is 1. The molecule has 0 spiro atoms. The van der Waals surface area contributed by atoms with Gasteiger partial charge in [-0.3, -0.25) is 4.79 Å². The van der Waals surface area contributed by atoms with E-state index in [2.05, 4.69) is 37.5 Å². The van der Waals surface area contributed by atoms with Crippen LogP contribution in [-0.2, 0) is 0 Å². The molecular weight excluding hydrogens is 416 g/mol. The van der Waals surface area contributed by atoms with Gasteiger partial charge in [0.2, 0.25) is 5.95 Å².